The van der Waals surface area contributed by atoms with Gasteiger partial charge < -0.3 is 4.74 Å². The molecular formula is C20H22F3NO2. The van der Waals surface area contributed by atoms with E-state index in [-0.39, 0.29) is 6.54 Å². The maximum Gasteiger partial charge on any atom is 0.416 e. The third-order valence-corrected chi connectivity index (χ3v) is 3.52. The number of hydrogen-bond donors (Lipinski definition) is 0. The number of rotatable bonds is 4. The van der Waals surface area contributed by atoms with Crippen molar-refractivity contribution < 1.29 is 22.7 Å². The van der Waals surface area contributed by atoms with Gasteiger partial charge in [0.1, 0.15) is 5.60 Å². The summed E-state index contributed by atoms with van der Waals surface area (Å²) in [7, 11) is 0. The molecule has 2 aromatic carbocycles. The van der Waals surface area contributed by atoms with Crippen molar-refractivity contribution in [1.29, 1.82) is 0 Å². The highest BCUT2D eigenvalue weighted by Crippen LogP contribution is 2.29. The van der Waals surface area contributed by atoms with E-state index in [0.29, 0.717) is 12.1 Å². The summed E-state index contributed by atoms with van der Waals surface area (Å²) in [6, 6.07) is 14.2. The van der Waals surface area contributed by atoms with Gasteiger partial charge in [0.2, 0.25) is 0 Å². The first kappa shape index (κ1) is 19.8. The van der Waals surface area contributed by atoms with Gasteiger partial charge in [-0.1, -0.05) is 42.5 Å². The zero-order chi connectivity index (χ0) is 19.4. The number of carbonyl (C=O) groups is 1. The van der Waals surface area contributed by atoms with Crippen LogP contribution in [-0.2, 0) is 24.0 Å². The van der Waals surface area contributed by atoms with Gasteiger partial charge in [-0.25, -0.2) is 4.79 Å². The van der Waals surface area contributed by atoms with E-state index in [1.165, 1.54) is 17.0 Å². The molecule has 26 heavy (non-hydrogen) atoms. The topological polar surface area (TPSA) is 29.5 Å². The molecule has 0 unspecified atom stereocenters. The van der Waals surface area contributed by atoms with Crippen molar-refractivity contribution in [2.24, 2.45) is 0 Å². The van der Waals surface area contributed by atoms with Crippen molar-refractivity contribution in [2.45, 2.75) is 45.6 Å². The Balaban J connectivity index is 2.19. The Morgan fingerprint density at radius 1 is 0.885 bits per heavy atom. The Morgan fingerprint density at radius 3 is 1.85 bits per heavy atom. The molecule has 0 aliphatic rings. The van der Waals surface area contributed by atoms with Gasteiger partial charge >= 0.3 is 12.3 Å². The standard InChI is InChI=1S/C20H22F3NO2/c1-19(2,3)26-18(25)24(13-15-7-5-4-6-8-15)14-16-9-11-17(12-10-16)20(21,22)23/h4-12H,13-14H2,1-3H3. The molecule has 0 heterocycles. The van der Waals surface area contributed by atoms with Crippen LogP contribution in [0.15, 0.2) is 54.6 Å². The lowest BCUT2D eigenvalue weighted by Gasteiger charge is -2.27. The third kappa shape index (κ3) is 6.10. The summed E-state index contributed by atoms with van der Waals surface area (Å²) in [5, 5.41) is 0. The van der Waals surface area contributed by atoms with Gasteiger partial charge in [0, 0.05) is 13.1 Å². The first-order valence-electron chi connectivity index (χ1n) is 8.22. The van der Waals surface area contributed by atoms with Crippen LogP contribution in [0.1, 0.15) is 37.5 Å². The van der Waals surface area contributed by atoms with E-state index >= 15 is 0 Å². The molecular weight excluding hydrogens is 343 g/mol. The Bertz CT molecular complexity index is 719. The minimum absolute atomic E-state index is 0.155. The van der Waals surface area contributed by atoms with E-state index in [1.54, 1.807) is 20.8 Å². The predicted molar refractivity (Wildman–Crippen MR) is 93.4 cm³/mol. The van der Waals surface area contributed by atoms with E-state index in [1.807, 2.05) is 30.3 Å². The van der Waals surface area contributed by atoms with Crippen LogP contribution in [0.2, 0.25) is 0 Å². The largest absolute Gasteiger partial charge is 0.444 e. The van der Waals surface area contributed by atoms with Crippen LogP contribution in [0.25, 0.3) is 0 Å². The molecule has 0 radical (unpaired) electrons. The number of hydrogen-bond acceptors (Lipinski definition) is 2. The lowest BCUT2D eigenvalue weighted by molar-refractivity contribution is -0.137. The Morgan fingerprint density at radius 2 is 1.38 bits per heavy atom. The van der Waals surface area contributed by atoms with Crippen molar-refractivity contribution in [3.05, 3.63) is 71.3 Å². The zero-order valence-corrected chi connectivity index (χ0v) is 15.0. The zero-order valence-electron chi connectivity index (χ0n) is 15.0. The fourth-order valence-corrected chi connectivity index (χ4v) is 2.33. The highest BCUT2D eigenvalue weighted by Gasteiger charge is 2.30. The summed E-state index contributed by atoms with van der Waals surface area (Å²) in [6.07, 6.45) is -4.89. The number of benzene rings is 2. The third-order valence-electron chi connectivity index (χ3n) is 3.52. The predicted octanol–water partition coefficient (Wildman–Crippen LogP) is 5.64. The second-order valence-corrected chi connectivity index (χ2v) is 7.02. The summed E-state index contributed by atoms with van der Waals surface area (Å²) in [6.45, 7) is 5.76. The van der Waals surface area contributed by atoms with Crippen molar-refractivity contribution in [3.8, 4) is 0 Å². The van der Waals surface area contributed by atoms with Crippen LogP contribution < -0.4 is 0 Å². The maximum absolute atomic E-state index is 12.7. The highest BCUT2D eigenvalue weighted by atomic mass is 19.4. The average Bonchev–Trinajstić information content (AvgIpc) is 2.53. The Hall–Kier alpha value is -2.50. The molecule has 1 amide bonds. The molecule has 0 saturated carbocycles. The minimum atomic E-state index is -4.38. The smallest absolute Gasteiger partial charge is 0.416 e. The summed E-state index contributed by atoms with van der Waals surface area (Å²) in [4.78, 5) is 14.0. The summed E-state index contributed by atoms with van der Waals surface area (Å²) in [5.41, 5.74) is 0.129. The van der Waals surface area contributed by atoms with Gasteiger partial charge in [-0.05, 0) is 44.0 Å². The molecule has 0 atom stereocenters. The molecule has 3 nitrogen and oxygen atoms in total. The summed E-state index contributed by atoms with van der Waals surface area (Å²) >= 11 is 0. The van der Waals surface area contributed by atoms with Gasteiger partial charge in [0.25, 0.3) is 0 Å². The molecule has 0 saturated heterocycles. The quantitative estimate of drug-likeness (QED) is 0.701. The van der Waals surface area contributed by atoms with E-state index < -0.39 is 23.4 Å². The number of alkyl halides is 3. The fourth-order valence-electron chi connectivity index (χ4n) is 2.33. The SMILES string of the molecule is CC(C)(C)OC(=O)N(Cc1ccccc1)Cc1ccc(C(F)(F)F)cc1. The van der Waals surface area contributed by atoms with Crippen molar-refractivity contribution in [2.75, 3.05) is 0 Å². The molecule has 6 heteroatoms. The van der Waals surface area contributed by atoms with Crippen molar-refractivity contribution >= 4 is 6.09 Å². The van der Waals surface area contributed by atoms with E-state index in [4.69, 9.17) is 4.74 Å². The van der Waals surface area contributed by atoms with Gasteiger partial charge in [-0.3, -0.25) is 4.90 Å². The minimum Gasteiger partial charge on any atom is -0.444 e. The Kier molecular flexibility index (Phi) is 5.95. The second-order valence-electron chi connectivity index (χ2n) is 7.02. The number of nitrogens with zero attached hydrogens (tertiary/aromatic N) is 1. The molecule has 2 aromatic rings. The van der Waals surface area contributed by atoms with Crippen molar-refractivity contribution in [1.82, 2.24) is 4.90 Å². The fraction of sp³-hybridized carbons (Fsp3) is 0.350. The summed E-state index contributed by atoms with van der Waals surface area (Å²) in [5.74, 6) is 0. The van der Waals surface area contributed by atoms with Crippen molar-refractivity contribution in [3.63, 3.8) is 0 Å². The molecule has 0 aromatic heterocycles. The lowest BCUT2D eigenvalue weighted by atomic mass is 10.1. The van der Waals surface area contributed by atoms with Gasteiger partial charge in [0.05, 0.1) is 5.56 Å². The number of ether oxygens (including phenoxy) is 1. The first-order chi connectivity index (χ1) is 12.0. The molecule has 0 fully saturated rings. The molecule has 0 aliphatic carbocycles. The van der Waals surface area contributed by atoms with Gasteiger partial charge in [-0.15, -0.1) is 0 Å². The van der Waals surface area contributed by atoms with E-state index in [2.05, 4.69) is 0 Å². The van der Waals surface area contributed by atoms with E-state index in [9.17, 15) is 18.0 Å². The first-order valence-corrected chi connectivity index (χ1v) is 8.22. The number of amides is 1. The average molecular weight is 365 g/mol. The molecule has 0 aliphatic heterocycles. The molecule has 0 bridgehead atoms. The lowest BCUT2D eigenvalue weighted by Crippen LogP contribution is -2.36. The van der Waals surface area contributed by atoms with Crippen LogP contribution in [0.3, 0.4) is 0 Å². The second kappa shape index (κ2) is 7.81. The van der Waals surface area contributed by atoms with Gasteiger partial charge in [-0.2, -0.15) is 13.2 Å². The van der Waals surface area contributed by atoms with Crippen LogP contribution in [0.4, 0.5) is 18.0 Å². The van der Waals surface area contributed by atoms with Gasteiger partial charge in [0.15, 0.2) is 0 Å². The Labute approximate surface area is 151 Å². The maximum atomic E-state index is 12.7. The highest BCUT2D eigenvalue weighted by molar-refractivity contribution is 5.68. The van der Waals surface area contributed by atoms with Crippen LogP contribution in [0.5, 0.6) is 0 Å². The van der Waals surface area contributed by atoms with Crippen LogP contribution >= 0.6 is 0 Å². The van der Waals surface area contributed by atoms with Crippen LogP contribution in [0, 0.1) is 0 Å². The molecule has 140 valence electrons. The molecule has 0 N–H and O–H groups in total. The van der Waals surface area contributed by atoms with E-state index in [0.717, 1.165) is 17.7 Å². The monoisotopic (exact) mass is 365 g/mol. The number of carbonyl (C=O) groups excluding carboxylic acids is 1. The van der Waals surface area contributed by atoms with Crippen LogP contribution in [-0.4, -0.2) is 16.6 Å². The molecule has 2 rings (SSSR count). The molecule has 0 spiro atoms. The number of halogens is 3. The summed E-state index contributed by atoms with van der Waals surface area (Å²) < 4.78 is 43.5. The normalized spacial score (nSPS) is 11.9.